The Morgan fingerprint density at radius 3 is 2.33 bits per heavy atom. The molecule has 18 heavy (non-hydrogen) atoms. The van der Waals surface area contributed by atoms with Crippen molar-refractivity contribution in [3.8, 4) is 0 Å². The molecule has 0 saturated heterocycles. The van der Waals surface area contributed by atoms with Gasteiger partial charge in [-0.1, -0.05) is 36.3 Å². The molecule has 0 heterocycles. The fourth-order valence-corrected chi connectivity index (χ4v) is 3.35. The topological polar surface area (TPSA) is 12.4 Å². The van der Waals surface area contributed by atoms with Crippen LogP contribution in [-0.4, -0.2) is 11.8 Å². The zero-order chi connectivity index (χ0) is 12.2. The molecule has 0 aromatic heterocycles. The smallest absolute Gasteiger partial charge is 0.0932 e. The zero-order valence-electron chi connectivity index (χ0n) is 11.2. The van der Waals surface area contributed by atoms with Crippen molar-refractivity contribution < 1.29 is 0 Å². The van der Waals surface area contributed by atoms with Crippen molar-refractivity contribution in [3.05, 3.63) is 35.5 Å². The highest BCUT2D eigenvalue weighted by atomic mass is 14.8. The first-order chi connectivity index (χ1) is 8.93. The molecule has 1 nitrogen and oxygen atoms in total. The molecule has 2 fully saturated rings. The summed E-state index contributed by atoms with van der Waals surface area (Å²) in [6, 6.07) is 0.330. The van der Waals surface area contributed by atoms with Crippen LogP contribution in [0.5, 0.6) is 0 Å². The molecule has 3 aliphatic carbocycles. The van der Waals surface area contributed by atoms with Crippen LogP contribution in [0.1, 0.15) is 57.8 Å². The van der Waals surface area contributed by atoms with Crippen molar-refractivity contribution in [2.45, 2.75) is 63.8 Å². The third kappa shape index (κ3) is 2.66. The first-order valence-corrected chi connectivity index (χ1v) is 7.56. The molecule has 3 aliphatic rings. The lowest BCUT2D eigenvalue weighted by Gasteiger charge is -2.20. The van der Waals surface area contributed by atoms with E-state index < -0.39 is 0 Å². The number of hydrogen-bond acceptors (Lipinski definition) is 1. The second-order valence-corrected chi connectivity index (χ2v) is 5.71. The van der Waals surface area contributed by atoms with Gasteiger partial charge in [0.2, 0.25) is 0 Å². The van der Waals surface area contributed by atoms with Gasteiger partial charge in [-0.25, -0.2) is 0 Å². The molecule has 1 heteroatoms. The van der Waals surface area contributed by atoms with Crippen LogP contribution >= 0.6 is 0 Å². The largest absolute Gasteiger partial charge is 0.282 e. The maximum absolute atomic E-state index is 5.04. The predicted octanol–water partition coefficient (Wildman–Crippen LogP) is 4.76. The van der Waals surface area contributed by atoms with Gasteiger partial charge in [-0.2, -0.15) is 0 Å². The van der Waals surface area contributed by atoms with Crippen LogP contribution in [0, 0.1) is 0 Å². The molecule has 3 rings (SSSR count). The highest BCUT2D eigenvalue weighted by Crippen LogP contribution is 2.32. The number of allylic oxidation sites excluding steroid dienone is 3. The lowest BCUT2D eigenvalue weighted by atomic mass is 9.94. The minimum absolute atomic E-state index is 0.330. The van der Waals surface area contributed by atoms with Gasteiger partial charge >= 0.3 is 0 Å². The molecular weight excluding hydrogens is 218 g/mol. The van der Waals surface area contributed by atoms with E-state index in [9.17, 15) is 0 Å². The molecule has 2 saturated carbocycles. The van der Waals surface area contributed by atoms with Gasteiger partial charge in [0.1, 0.15) is 0 Å². The Labute approximate surface area is 110 Å². The number of hydrogen-bond donors (Lipinski definition) is 0. The molecule has 0 aromatic carbocycles. The van der Waals surface area contributed by atoms with Crippen LogP contribution in [0.2, 0.25) is 0 Å². The molecule has 0 radical (unpaired) electrons. The van der Waals surface area contributed by atoms with Crippen molar-refractivity contribution in [2.24, 2.45) is 4.99 Å². The summed E-state index contributed by atoms with van der Waals surface area (Å²) in [4.78, 5) is 5.04. The Hall–Kier alpha value is -1.11. The van der Waals surface area contributed by atoms with Crippen LogP contribution in [0.4, 0.5) is 0 Å². The van der Waals surface area contributed by atoms with E-state index in [0.29, 0.717) is 6.04 Å². The molecule has 0 aromatic rings. The Kier molecular flexibility index (Phi) is 3.78. The fraction of sp³-hybridized carbons (Fsp3) is 0.588. The maximum atomic E-state index is 5.04. The Morgan fingerprint density at radius 2 is 1.56 bits per heavy atom. The van der Waals surface area contributed by atoms with E-state index in [2.05, 4.69) is 24.3 Å². The van der Waals surface area contributed by atoms with E-state index in [1.165, 1.54) is 69.1 Å². The van der Waals surface area contributed by atoms with E-state index in [-0.39, 0.29) is 0 Å². The third-order valence-corrected chi connectivity index (χ3v) is 4.37. The zero-order valence-corrected chi connectivity index (χ0v) is 11.2. The number of nitrogens with zero attached hydrogens (tertiary/aromatic N) is 1. The summed E-state index contributed by atoms with van der Waals surface area (Å²) in [5.74, 6) is 0. The second-order valence-electron chi connectivity index (χ2n) is 5.71. The maximum Gasteiger partial charge on any atom is 0.0932 e. The summed E-state index contributed by atoms with van der Waals surface area (Å²) in [6.45, 7) is 0. The van der Waals surface area contributed by atoms with Gasteiger partial charge in [0.15, 0.2) is 0 Å². The van der Waals surface area contributed by atoms with Crippen LogP contribution in [-0.2, 0) is 0 Å². The molecule has 1 atom stereocenters. The minimum atomic E-state index is 0.330. The minimum Gasteiger partial charge on any atom is -0.282 e. The monoisotopic (exact) mass is 241 g/mol. The summed E-state index contributed by atoms with van der Waals surface area (Å²) in [6.07, 6.45) is 20.8. The SMILES string of the molecule is C1=CC(=C2CCCC2)C(N=C2CCCCC2)C=C1. The fourth-order valence-electron chi connectivity index (χ4n) is 3.35. The Bertz CT molecular complexity index is 407. The highest BCUT2D eigenvalue weighted by molar-refractivity contribution is 5.85. The van der Waals surface area contributed by atoms with Crippen molar-refractivity contribution in [2.75, 3.05) is 0 Å². The van der Waals surface area contributed by atoms with Crippen molar-refractivity contribution in [1.82, 2.24) is 0 Å². The molecule has 0 N–H and O–H groups in total. The molecule has 0 amide bonds. The summed E-state index contributed by atoms with van der Waals surface area (Å²) in [5, 5.41) is 0. The van der Waals surface area contributed by atoms with Crippen LogP contribution in [0.15, 0.2) is 40.4 Å². The van der Waals surface area contributed by atoms with Crippen molar-refractivity contribution in [3.63, 3.8) is 0 Å². The van der Waals surface area contributed by atoms with Gasteiger partial charge in [-0.15, -0.1) is 0 Å². The molecule has 0 bridgehead atoms. The molecular formula is C17H23N. The standard InChI is InChI=1S/C17H23N/c1-2-10-15(11-3-1)18-17-13-7-6-12-16(17)14-8-4-5-9-14/h6-7,12-13,17H,1-5,8-11H2. The van der Waals surface area contributed by atoms with Gasteiger partial charge in [0, 0.05) is 5.71 Å². The van der Waals surface area contributed by atoms with E-state index in [1.54, 1.807) is 5.57 Å². The average molecular weight is 241 g/mol. The van der Waals surface area contributed by atoms with Crippen LogP contribution in [0.3, 0.4) is 0 Å². The van der Waals surface area contributed by atoms with Gasteiger partial charge in [0.25, 0.3) is 0 Å². The number of aliphatic imine (C=N–C) groups is 1. The summed E-state index contributed by atoms with van der Waals surface area (Å²) < 4.78 is 0. The Balaban J connectivity index is 1.82. The van der Waals surface area contributed by atoms with Gasteiger partial charge < -0.3 is 0 Å². The normalized spacial score (nSPS) is 28.0. The molecule has 1 unspecified atom stereocenters. The van der Waals surface area contributed by atoms with Crippen molar-refractivity contribution in [1.29, 1.82) is 0 Å². The quantitative estimate of drug-likeness (QED) is 0.628. The van der Waals surface area contributed by atoms with E-state index in [4.69, 9.17) is 4.99 Å². The third-order valence-electron chi connectivity index (χ3n) is 4.37. The summed E-state index contributed by atoms with van der Waals surface area (Å²) in [5.41, 5.74) is 4.64. The average Bonchev–Trinajstić information content (AvgIpc) is 2.94. The lowest BCUT2D eigenvalue weighted by molar-refractivity contribution is 0.661. The first kappa shape index (κ1) is 12.0. The first-order valence-electron chi connectivity index (χ1n) is 7.56. The lowest BCUT2D eigenvalue weighted by Crippen LogP contribution is -2.14. The molecule has 96 valence electrons. The van der Waals surface area contributed by atoms with Crippen LogP contribution < -0.4 is 0 Å². The predicted molar refractivity (Wildman–Crippen MR) is 78.1 cm³/mol. The van der Waals surface area contributed by atoms with Crippen molar-refractivity contribution >= 4 is 5.71 Å². The van der Waals surface area contributed by atoms with E-state index in [0.717, 1.165) is 0 Å². The second kappa shape index (κ2) is 5.69. The van der Waals surface area contributed by atoms with Gasteiger partial charge in [0.05, 0.1) is 6.04 Å². The van der Waals surface area contributed by atoms with E-state index in [1.807, 2.05) is 0 Å². The molecule has 0 aliphatic heterocycles. The van der Waals surface area contributed by atoms with Crippen LogP contribution in [0.25, 0.3) is 0 Å². The van der Waals surface area contributed by atoms with Gasteiger partial charge in [-0.3, -0.25) is 4.99 Å². The summed E-state index contributed by atoms with van der Waals surface area (Å²) in [7, 11) is 0. The van der Waals surface area contributed by atoms with E-state index >= 15 is 0 Å². The number of rotatable bonds is 1. The molecule has 0 spiro atoms. The highest BCUT2D eigenvalue weighted by Gasteiger charge is 2.19. The Morgan fingerprint density at radius 1 is 0.833 bits per heavy atom. The van der Waals surface area contributed by atoms with Gasteiger partial charge in [-0.05, 0) is 56.9 Å². The summed E-state index contributed by atoms with van der Waals surface area (Å²) >= 11 is 0.